The summed E-state index contributed by atoms with van der Waals surface area (Å²) in [5, 5.41) is 20.8. The molecule has 4 N–H and O–H groups in total. The standard InChI is InChI=1S/C6H6N8O/c7-3-1-9-13-11-5(3)15-6-4(8)2-10-14-12-6/h1-2H,(H2,7,13)(H2,8,14). The predicted octanol–water partition coefficient (Wildman–Crippen LogP) is -0.987. The molecule has 0 unspecified atom stereocenters. The van der Waals surface area contributed by atoms with Gasteiger partial charge in [-0.25, -0.2) is 0 Å². The first kappa shape index (κ1) is 8.99. The summed E-state index contributed by atoms with van der Waals surface area (Å²) in [5.41, 5.74) is 11.5. The van der Waals surface area contributed by atoms with E-state index in [4.69, 9.17) is 16.2 Å². The van der Waals surface area contributed by atoms with E-state index in [1.807, 2.05) is 0 Å². The molecule has 2 aromatic rings. The van der Waals surface area contributed by atoms with Gasteiger partial charge >= 0.3 is 0 Å². The summed E-state index contributed by atoms with van der Waals surface area (Å²) >= 11 is 0. The van der Waals surface area contributed by atoms with Crippen LogP contribution < -0.4 is 16.2 Å². The summed E-state index contributed by atoms with van der Waals surface area (Å²) in [5.74, 6) is 0.134. The van der Waals surface area contributed by atoms with E-state index in [-0.39, 0.29) is 23.1 Å². The van der Waals surface area contributed by atoms with Gasteiger partial charge in [0.2, 0.25) is 0 Å². The molecule has 0 saturated heterocycles. The van der Waals surface area contributed by atoms with Gasteiger partial charge < -0.3 is 16.2 Å². The molecule has 0 radical (unpaired) electrons. The predicted molar refractivity (Wildman–Crippen MR) is 48.6 cm³/mol. The van der Waals surface area contributed by atoms with Crippen LogP contribution in [0.15, 0.2) is 12.4 Å². The zero-order valence-electron chi connectivity index (χ0n) is 7.40. The van der Waals surface area contributed by atoms with Crippen molar-refractivity contribution in [2.45, 2.75) is 0 Å². The van der Waals surface area contributed by atoms with Crippen LogP contribution in [0.1, 0.15) is 0 Å². The van der Waals surface area contributed by atoms with Gasteiger partial charge in [0.05, 0.1) is 12.4 Å². The minimum atomic E-state index is 0.0669. The summed E-state index contributed by atoms with van der Waals surface area (Å²) in [6.07, 6.45) is 2.60. The van der Waals surface area contributed by atoms with Crippen molar-refractivity contribution in [2.24, 2.45) is 0 Å². The van der Waals surface area contributed by atoms with Gasteiger partial charge in [0, 0.05) is 0 Å². The Bertz CT molecular complexity index is 431. The number of rotatable bonds is 2. The molecule has 2 rings (SSSR count). The van der Waals surface area contributed by atoms with Crippen LogP contribution in [0.2, 0.25) is 0 Å². The summed E-state index contributed by atoms with van der Waals surface area (Å²) in [7, 11) is 0. The highest BCUT2D eigenvalue weighted by molar-refractivity contribution is 5.50. The van der Waals surface area contributed by atoms with Crippen molar-refractivity contribution < 1.29 is 4.74 Å². The average molecular weight is 206 g/mol. The summed E-state index contributed by atoms with van der Waals surface area (Å²) < 4.78 is 5.16. The molecular formula is C6H6N8O. The molecule has 76 valence electrons. The summed E-state index contributed by atoms with van der Waals surface area (Å²) in [4.78, 5) is 0. The van der Waals surface area contributed by atoms with Crippen LogP contribution in [-0.4, -0.2) is 30.8 Å². The van der Waals surface area contributed by atoms with Crippen molar-refractivity contribution in [2.75, 3.05) is 11.5 Å². The third-order valence-corrected chi connectivity index (χ3v) is 1.46. The normalized spacial score (nSPS) is 9.87. The van der Waals surface area contributed by atoms with Crippen molar-refractivity contribution in [1.82, 2.24) is 30.8 Å². The minimum absolute atomic E-state index is 0.0669. The maximum absolute atomic E-state index is 5.52. The maximum atomic E-state index is 5.52. The topological polar surface area (TPSA) is 139 Å². The molecule has 0 amide bonds. The molecule has 2 heterocycles. The molecule has 0 saturated carbocycles. The Kier molecular flexibility index (Phi) is 2.19. The first-order valence-electron chi connectivity index (χ1n) is 3.83. The van der Waals surface area contributed by atoms with Gasteiger partial charge in [0.15, 0.2) is 0 Å². The van der Waals surface area contributed by atoms with Gasteiger partial charge in [-0.2, -0.15) is 0 Å². The van der Waals surface area contributed by atoms with E-state index < -0.39 is 0 Å². The highest BCUT2D eigenvalue weighted by atomic mass is 16.5. The molecule has 0 aromatic carbocycles. The van der Waals surface area contributed by atoms with Gasteiger partial charge in [0.1, 0.15) is 11.4 Å². The smallest absolute Gasteiger partial charge is 0.267 e. The molecule has 0 fully saturated rings. The summed E-state index contributed by atoms with van der Waals surface area (Å²) in [6.45, 7) is 0. The molecule has 0 aliphatic carbocycles. The second kappa shape index (κ2) is 3.65. The van der Waals surface area contributed by atoms with E-state index >= 15 is 0 Å². The van der Waals surface area contributed by atoms with E-state index in [0.29, 0.717) is 0 Å². The van der Waals surface area contributed by atoms with Gasteiger partial charge in [-0.1, -0.05) is 10.2 Å². The number of ether oxygens (including phenoxy) is 1. The lowest BCUT2D eigenvalue weighted by atomic mass is 10.5. The molecule has 0 aliphatic rings. The van der Waals surface area contributed by atoms with Crippen LogP contribution in [0.4, 0.5) is 11.4 Å². The van der Waals surface area contributed by atoms with Crippen LogP contribution in [0.5, 0.6) is 11.8 Å². The van der Waals surface area contributed by atoms with Gasteiger partial charge in [-0.15, -0.1) is 10.2 Å². The fourth-order valence-electron chi connectivity index (χ4n) is 0.785. The molecule has 0 spiro atoms. The maximum Gasteiger partial charge on any atom is 0.267 e. The number of nitrogens with two attached hydrogens (primary N) is 2. The number of aromatic nitrogens is 6. The molecule has 0 bridgehead atoms. The van der Waals surface area contributed by atoms with Gasteiger partial charge in [-0.3, -0.25) is 0 Å². The number of nitrogen functional groups attached to an aromatic ring is 2. The van der Waals surface area contributed by atoms with E-state index in [9.17, 15) is 0 Å². The third kappa shape index (κ3) is 1.85. The Morgan fingerprint density at radius 3 is 1.73 bits per heavy atom. The molecule has 9 heteroatoms. The van der Waals surface area contributed by atoms with Crippen molar-refractivity contribution in [3.05, 3.63) is 12.4 Å². The molecule has 15 heavy (non-hydrogen) atoms. The second-order valence-corrected chi connectivity index (χ2v) is 2.49. The van der Waals surface area contributed by atoms with Crippen molar-refractivity contribution in [3.63, 3.8) is 0 Å². The lowest BCUT2D eigenvalue weighted by Crippen LogP contribution is -2.03. The number of hydrogen-bond acceptors (Lipinski definition) is 9. The summed E-state index contributed by atoms with van der Waals surface area (Å²) in [6, 6.07) is 0. The van der Waals surface area contributed by atoms with E-state index in [1.54, 1.807) is 0 Å². The molecular weight excluding hydrogens is 200 g/mol. The fraction of sp³-hybridized carbons (Fsp3) is 0. The van der Waals surface area contributed by atoms with Crippen LogP contribution in [0, 0.1) is 0 Å². The van der Waals surface area contributed by atoms with Gasteiger partial charge in [0.25, 0.3) is 11.8 Å². The Hall–Kier alpha value is -2.58. The van der Waals surface area contributed by atoms with Crippen LogP contribution in [0.3, 0.4) is 0 Å². The SMILES string of the molecule is Nc1cnnnc1Oc1nnncc1N. The van der Waals surface area contributed by atoms with Crippen LogP contribution >= 0.6 is 0 Å². The zero-order valence-corrected chi connectivity index (χ0v) is 7.40. The second-order valence-electron chi connectivity index (χ2n) is 2.49. The molecule has 2 aromatic heterocycles. The van der Waals surface area contributed by atoms with Crippen LogP contribution in [0.25, 0.3) is 0 Å². The van der Waals surface area contributed by atoms with Crippen molar-refractivity contribution >= 4 is 11.4 Å². The van der Waals surface area contributed by atoms with Crippen LogP contribution in [-0.2, 0) is 0 Å². The van der Waals surface area contributed by atoms with Crippen molar-refractivity contribution in [3.8, 4) is 11.8 Å². The van der Waals surface area contributed by atoms with Gasteiger partial charge in [-0.05, 0) is 10.4 Å². The number of anilines is 2. The quantitative estimate of drug-likeness (QED) is 0.633. The minimum Gasteiger partial charge on any atom is -0.413 e. The lowest BCUT2D eigenvalue weighted by molar-refractivity contribution is 0.428. The third-order valence-electron chi connectivity index (χ3n) is 1.46. The largest absolute Gasteiger partial charge is 0.413 e. The molecule has 9 nitrogen and oxygen atoms in total. The number of hydrogen-bond donors (Lipinski definition) is 2. The Balaban J connectivity index is 2.30. The first-order chi connectivity index (χ1) is 7.27. The lowest BCUT2D eigenvalue weighted by Gasteiger charge is -2.04. The Morgan fingerprint density at radius 1 is 0.867 bits per heavy atom. The number of nitrogens with zero attached hydrogens (tertiary/aromatic N) is 6. The average Bonchev–Trinajstić information content (AvgIpc) is 2.24. The van der Waals surface area contributed by atoms with E-state index in [2.05, 4.69) is 30.8 Å². The van der Waals surface area contributed by atoms with E-state index in [0.717, 1.165) is 0 Å². The Labute approximate surface area is 83.5 Å². The fourth-order valence-corrected chi connectivity index (χ4v) is 0.785. The zero-order chi connectivity index (χ0) is 10.7. The van der Waals surface area contributed by atoms with Crippen molar-refractivity contribution in [1.29, 1.82) is 0 Å². The highest BCUT2D eigenvalue weighted by Gasteiger charge is 2.08. The first-order valence-corrected chi connectivity index (χ1v) is 3.83. The molecule has 0 atom stereocenters. The monoisotopic (exact) mass is 206 g/mol. The van der Waals surface area contributed by atoms with E-state index in [1.165, 1.54) is 12.4 Å². The highest BCUT2D eigenvalue weighted by Crippen LogP contribution is 2.24. The molecule has 0 aliphatic heterocycles. The Morgan fingerprint density at radius 2 is 1.33 bits per heavy atom.